The molecule has 1 fully saturated rings. The zero-order valence-corrected chi connectivity index (χ0v) is 18.5. The number of carbonyl (C=O) groups excluding carboxylic acids is 1. The number of esters is 1. The van der Waals surface area contributed by atoms with Crippen LogP contribution in [-0.2, 0) is 14.3 Å². The number of ether oxygens (including phenoxy) is 2. The minimum Gasteiger partial charge on any atom is -0.466 e. The first-order chi connectivity index (χ1) is 14.7. The molecule has 0 radical (unpaired) electrons. The predicted molar refractivity (Wildman–Crippen MR) is 121 cm³/mol. The monoisotopic (exact) mass is 429 g/mol. The van der Waals surface area contributed by atoms with E-state index in [0.717, 1.165) is 55.9 Å². The third-order valence-electron chi connectivity index (χ3n) is 5.55. The SMILES string of the molecule is CCOC(=O)CCCCN1CCC(OC(c2ccccc2)c2ccc(Cl)cc2)CC1. The van der Waals surface area contributed by atoms with Crippen molar-refractivity contribution in [3.8, 4) is 0 Å². The Labute approximate surface area is 185 Å². The molecule has 1 unspecified atom stereocenters. The van der Waals surface area contributed by atoms with E-state index in [4.69, 9.17) is 21.1 Å². The molecule has 1 saturated heterocycles. The second kappa shape index (κ2) is 12.1. The number of hydrogen-bond donors (Lipinski definition) is 0. The second-order valence-corrected chi connectivity index (χ2v) is 8.22. The van der Waals surface area contributed by atoms with Crippen LogP contribution in [-0.4, -0.2) is 43.2 Å². The quantitative estimate of drug-likeness (QED) is 0.361. The van der Waals surface area contributed by atoms with Crippen molar-refractivity contribution >= 4 is 17.6 Å². The van der Waals surface area contributed by atoms with Gasteiger partial charge in [0.25, 0.3) is 0 Å². The number of carbonyl (C=O) groups is 1. The lowest BCUT2D eigenvalue weighted by molar-refractivity contribution is -0.143. The summed E-state index contributed by atoms with van der Waals surface area (Å²) in [6.07, 6.45) is 4.65. The Morgan fingerprint density at radius 3 is 2.37 bits per heavy atom. The van der Waals surface area contributed by atoms with E-state index in [-0.39, 0.29) is 18.2 Å². The van der Waals surface area contributed by atoms with E-state index in [1.807, 2.05) is 25.1 Å². The standard InChI is InChI=1S/C25H32ClNO3/c1-2-29-24(28)10-6-7-17-27-18-15-23(16-19-27)30-25(20-8-4-3-5-9-20)21-11-13-22(26)14-12-21/h3-5,8-9,11-14,23,25H,2,6-7,10,15-19H2,1H3. The molecule has 3 rings (SSSR count). The van der Waals surface area contributed by atoms with Gasteiger partial charge in [0.1, 0.15) is 6.10 Å². The number of piperidine rings is 1. The maximum atomic E-state index is 11.4. The van der Waals surface area contributed by atoms with Gasteiger partial charge in [-0.05, 0) is 62.4 Å². The molecule has 162 valence electrons. The molecule has 30 heavy (non-hydrogen) atoms. The van der Waals surface area contributed by atoms with Gasteiger partial charge in [-0.2, -0.15) is 0 Å². The Bertz CT molecular complexity index is 758. The summed E-state index contributed by atoms with van der Waals surface area (Å²) >= 11 is 6.08. The number of nitrogens with zero attached hydrogens (tertiary/aromatic N) is 1. The van der Waals surface area contributed by atoms with Crippen LogP contribution >= 0.6 is 11.6 Å². The Hall–Kier alpha value is -1.88. The number of rotatable bonds is 10. The molecule has 0 N–H and O–H groups in total. The zero-order valence-electron chi connectivity index (χ0n) is 17.8. The second-order valence-electron chi connectivity index (χ2n) is 7.78. The van der Waals surface area contributed by atoms with E-state index >= 15 is 0 Å². The summed E-state index contributed by atoms with van der Waals surface area (Å²) in [6, 6.07) is 18.3. The normalized spacial score (nSPS) is 16.3. The van der Waals surface area contributed by atoms with Crippen molar-refractivity contribution in [2.75, 3.05) is 26.2 Å². The van der Waals surface area contributed by atoms with Gasteiger partial charge in [-0.3, -0.25) is 4.79 Å². The van der Waals surface area contributed by atoms with E-state index in [1.54, 1.807) is 0 Å². The molecule has 0 saturated carbocycles. The van der Waals surface area contributed by atoms with E-state index in [0.29, 0.717) is 13.0 Å². The van der Waals surface area contributed by atoms with Crippen molar-refractivity contribution < 1.29 is 14.3 Å². The molecule has 1 aliphatic heterocycles. The summed E-state index contributed by atoms with van der Waals surface area (Å²) in [4.78, 5) is 13.9. The molecular weight excluding hydrogens is 398 g/mol. The molecule has 0 amide bonds. The molecule has 0 bridgehead atoms. The highest BCUT2D eigenvalue weighted by Crippen LogP contribution is 2.30. The highest BCUT2D eigenvalue weighted by atomic mass is 35.5. The summed E-state index contributed by atoms with van der Waals surface area (Å²) in [7, 11) is 0. The first-order valence-corrected chi connectivity index (χ1v) is 11.4. The first-order valence-electron chi connectivity index (χ1n) is 11.0. The maximum absolute atomic E-state index is 11.4. The lowest BCUT2D eigenvalue weighted by atomic mass is 10.00. The van der Waals surface area contributed by atoms with Crippen LogP contribution in [0.5, 0.6) is 0 Å². The number of halogens is 1. The van der Waals surface area contributed by atoms with Crippen LogP contribution in [0.25, 0.3) is 0 Å². The Morgan fingerprint density at radius 2 is 1.70 bits per heavy atom. The van der Waals surface area contributed by atoms with Crippen LogP contribution in [0.1, 0.15) is 56.3 Å². The summed E-state index contributed by atoms with van der Waals surface area (Å²) < 4.78 is 11.6. The van der Waals surface area contributed by atoms with Gasteiger partial charge in [0, 0.05) is 24.5 Å². The maximum Gasteiger partial charge on any atom is 0.305 e. The van der Waals surface area contributed by atoms with Crippen molar-refractivity contribution in [2.24, 2.45) is 0 Å². The van der Waals surface area contributed by atoms with Crippen LogP contribution < -0.4 is 0 Å². The lowest BCUT2D eigenvalue weighted by Gasteiger charge is -2.34. The van der Waals surface area contributed by atoms with Gasteiger partial charge >= 0.3 is 5.97 Å². The number of hydrogen-bond acceptors (Lipinski definition) is 4. The Balaban J connectivity index is 1.49. The highest BCUT2D eigenvalue weighted by Gasteiger charge is 2.24. The molecule has 0 aromatic heterocycles. The molecule has 2 aromatic carbocycles. The fraction of sp³-hybridized carbons (Fsp3) is 0.480. The van der Waals surface area contributed by atoms with Crippen LogP contribution in [0.3, 0.4) is 0 Å². The molecule has 2 aromatic rings. The van der Waals surface area contributed by atoms with Crippen LogP contribution in [0.2, 0.25) is 5.02 Å². The minimum atomic E-state index is -0.0845. The summed E-state index contributed by atoms with van der Waals surface area (Å²) in [6.45, 7) is 5.41. The fourth-order valence-corrected chi connectivity index (χ4v) is 4.04. The molecule has 1 aliphatic rings. The van der Waals surface area contributed by atoms with E-state index in [2.05, 4.69) is 41.3 Å². The van der Waals surface area contributed by atoms with Crippen molar-refractivity contribution in [2.45, 2.75) is 51.2 Å². The minimum absolute atomic E-state index is 0.0791. The Kier molecular flexibility index (Phi) is 9.19. The van der Waals surface area contributed by atoms with Crippen LogP contribution in [0, 0.1) is 0 Å². The first kappa shape index (κ1) is 22.8. The number of unbranched alkanes of at least 4 members (excludes halogenated alkanes) is 1. The third kappa shape index (κ3) is 7.12. The smallest absolute Gasteiger partial charge is 0.305 e. The van der Waals surface area contributed by atoms with Crippen molar-refractivity contribution in [1.29, 1.82) is 0 Å². The fourth-order valence-electron chi connectivity index (χ4n) is 3.91. The molecular formula is C25H32ClNO3. The van der Waals surface area contributed by atoms with Crippen molar-refractivity contribution in [3.63, 3.8) is 0 Å². The summed E-state index contributed by atoms with van der Waals surface area (Å²) in [5.41, 5.74) is 2.30. The largest absolute Gasteiger partial charge is 0.466 e. The van der Waals surface area contributed by atoms with Crippen molar-refractivity contribution in [3.05, 3.63) is 70.7 Å². The van der Waals surface area contributed by atoms with Gasteiger partial charge in [-0.15, -0.1) is 0 Å². The molecule has 5 heteroatoms. The molecule has 0 spiro atoms. The molecule has 1 heterocycles. The number of likely N-dealkylation sites (tertiary alicyclic amines) is 1. The van der Waals surface area contributed by atoms with Crippen LogP contribution in [0.15, 0.2) is 54.6 Å². The average molecular weight is 430 g/mol. The zero-order chi connectivity index (χ0) is 21.2. The van der Waals surface area contributed by atoms with Gasteiger partial charge in [0.15, 0.2) is 0 Å². The Morgan fingerprint density at radius 1 is 1.03 bits per heavy atom. The lowest BCUT2D eigenvalue weighted by Crippen LogP contribution is -2.38. The van der Waals surface area contributed by atoms with E-state index in [9.17, 15) is 4.79 Å². The summed E-state index contributed by atoms with van der Waals surface area (Å²) in [5, 5.41) is 0.738. The van der Waals surface area contributed by atoms with E-state index < -0.39 is 0 Å². The van der Waals surface area contributed by atoms with Gasteiger partial charge in [-0.1, -0.05) is 54.1 Å². The van der Waals surface area contributed by atoms with Gasteiger partial charge in [0.05, 0.1) is 12.7 Å². The average Bonchev–Trinajstić information content (AvgIpc) is 2.77. The number of benzene rings is 2. The topological polar surface area (TPSA) is 38.8 Å². The third-order valence-corrected chi connectivity index (χ3v) is 5.80. The van der Waals surface area contributed by atoms with Gasteiger partial charge in [0.2, 0.25) is 0 Å². The van der Waals surface area contributed by atoms with Crippen molar-refractivity contribution in [1.82, 2.24) is 4.90 Å². The van der Waals surface area contributed by atoms with Crippen LogP contribution in [0.4, 0.5) is 0 Å². The molecule has 1 atom stereocenters. The van der Waals surface area contributed by atoms with E-state index in [1.165, 1.54) is 5.56 Å². The highest BCUT2D eigenvalue weighted by molar-refractivity contribution is 6.30. The van der Waals surface area contributed by atoms with Gasteiger partial charge in [-0.25, -0.2) is 0 Å². The molecule has 0 aliphatic carbocycles. The summed E-state index contributed by atoms with van der Waals surface area (Å²) in [5.74, 6) is -0.0845. The molecule has 4 nitrogen and oxygen atoms in total. The predicted octanol–water partition coefficient (Wildman–Crippen LogP) is 5.64. The van der Waals surface area contributed by atoms with Gasteiger partial charge < -0.3 is 14.4 Å².